The molecule has 5 nitrogen and oxygen atoms in total. The minimum atomic E-state index is -0.490. The molecule has 2 aromatic carbocycles. The lowest BCUT2D eigenvalue weighted by atomic mass is 9.69. The maximum atomic E-state index is 10.2. The summed E-state index contributed by atoms with van der Waals surface area (Å²) in [5.41, 5.74) is 2.03. The van der Waals surface area contributed by atoms with Crippen LogP contribution in [0.1, 0.15) is 24.0 Å². The second-order valence-corrected chi connectivity index (χ2v) is 8.14. The number of thiocarbonyl (C=S) groups is 1. The Labute approximate surface area is 175 Å². The molecule has 0 saturated heterocycles. The molecule has 0 fully saturated rings. The maximum absolute atomic E-state index is 10.2. The summed E-state index contributed by atoms with van der Waals surface area (Å²) in [6, 6.07) is 13.7. The Kier molecular flexibility index (Phi) is 4.48. The van der Waals surface area contributed by atoms with E-state index in [9.17, 15) is 5.11 Å². The fourth-order valence-corrected chi connectivity index (χ4v) is 5.00. The Bertz CT molecular complexity index is 976. The summed E-state index contributed by atoms with van der Waals surface area (Å²) >= 11 is 5.64. The van der Waals surface area contributed by atoms with Gasteiger partial charge in [0.15, 0.2) is 11.5 Å². The van der Waals surface area contributed by atoms with Gasteiger partial charge in [0.05, 0.1) is 18.6 Å². The van der Waals surface area contributed by atoms with Gasteiger partial charge >= 0.3 is 0 Å². The van der Waals surface area contributed by atoms with Crippen molar-refractivity contribution in [3.8, 4) is 17.2 Å². The number of methoxy groups -OCH3 is 1. The van der Waals surface area contributed by atoms with Gasteiger partial charge < -0.3 is 24.2 Å². The fraction of sp³-hybridized carbons (Fsp3) is 0.348. The van der Waals surface area contributed by atoms with Crippen molar-refractivity contribution in [1.29, 1.82) is 0 Å². The number of benzene rings is 2. The third kappa shape index (κ3) is 2.98. The van der Waals surface area contributed by atoms with Crippen molar-refractivity contribution in [2.75, 3.05) is 13.7 Å². The highest BCUT2D eigenvalue weighted by atomic mass is 32.1. The van der Waals surface area contributed by atoms with Gasteiger partial charge in [-0.15, -0.1) is 0 Å². The molecule has 2 aliphatic heterocycles. The van der Waals surface area contributed by atoms with E-state index in [1.807, 2.05) is 42.5 Å². The Hall–Kier alpha value is -2.57. The van der Waals surface area contributed by atoms with Gasteiger partial charge in [0.1, 0.15) is 11.9 Å². The van der Waals surface area contributed by atoms with Crippen LogP contribution in [0.3, 0.4) is 0 Å². The zero-order valence-electron chi connectivity index (χ0n) is 16.2. The summed E-state index contributed by atoms with van der Waals surface area (Å²) in [7, 11) is 1.66. The molecule has 1 N–H and O–H groups in total. The van der Waals surface area contributed by atoms with Gasteiger partial charge in [0.2, 0.25) is 0 Å². The molecular formula is C23H23NO4S. The van der Waals surface area contributed by atoms with E-state index in [0.29, 0.717) is 18.1 Å². The van der Waals surface area contributed by atoms with E-state index in [4.69, 9.17) is 26.4 Å². The molecule has 29 heavy (non-hydrogen) atoms. The number of ether oxygens (including phenoxy) is 3. The van der Waals surface area contributed by atoms with Crippen molar-refractivity contribution < 1.29 is 19.3 Å². The number of nitrogens with zero attached hydrogens (tertiary/aromatic N) is 1. The summed E-state index contributed by atoms with van der Waals surface area (Å²) in [5.74, 6) is 2.27. The lowest BCUT2D eigenvalue weighted by Crippen LogP contribution is -2.43. The van der Waals surface area contributed by atoms with E-state index in [-0.39, 0.29) is 11.5 Å². The molecule has 0 amide bonds. The quantitative estimate of drug-likeness (QED) is 0.604. The first kappa shape index (κ1) is 18.5. The largest absolute Gasteiger partial charge is 0.493 e. The molecule has 1 aliphatic carbocycles. The van der Waals surface area contributed by atoms with E-state index in [0.717, 1.165) is 41.3 Å². The van der Waals surface area contributed by atoms with Crippen molar-refractivity contribution >= 4 is 17.4 Å². The Morgan fingerprint density at radius 2 is 2.07 bits per heavy atom. The number of aliphatic hydroxyl groups is 1. The molecule has 0 radical (unpaired) electrons. The van der Waals surface area contributed by atoms with Gasteiger partial charge in [0.25, 0.3) is 5.17 Å². The highest BCUT2D eigenvalue weighted by Crippen LogP contribution is 2.55. The first-order valence-corrected chi connectivity index (χ1v) is 10.3. The Balaban J connectivity index is 1.52. The number of hydrogen-bond acceptors (Lipinski definition) is 5. The highest BCUT2D eigenvalue weighted by Gasteiger charge is 2.53. The second kappa shape index (κ2) is 7.04. The lowest BCUT2D eigenvalue weighted by molar-refractivity contribution is 0.0830. The molecule has 1 spiro atoms. The van der Waals surface area contributed by atoms with Crippen LogP contribution in [0.2, 0.25) is 0 Å². The Morgan fingerprint density at radius 3 is 2.86 bits per heavy atom. The van der Waals surface area contributed by atoms with Crippen LogP contribution in [0.5, 0.6) is 17.2 Å². The Morgan fingerprint density at radius 1 is 1.24 bits per heavy atom. The smallest absolute Gasteiger partial charge is 0.265 e. The molecule has 150 valence electrons. The monoisotopic (exact) mass is 409 g/mol. The van der Waals surface area contributed by atoms with Crippen LogP contribution in [-0.4, -0.2) is 41.0 Å². The summed E-state index contributed by atoms with van der Waals surface area (Å²) < 4.78 is 17.9. The van der Waals surface area contributed by atoms with Crippen molar-refractivity contribution in [3.63, 3.8) is 0 Å². The van der Waals surface area contributed by atoms with Crippen molar-refractivity contribution in [2.45, 2.75) is 37.0 Å². The van der Waals surface area contributed by atoms with E-state index in [1.165, 1.54) is 0 Å². The van der Waals surface area contributed by atoms with E-state index in [2.05, 4.69) is 17.0 Å². The summed E-state index contributed by atoms with van der Waals surface area (Å²) in [4.78, 5) is 2.10. The molecule has 3 atom stereocenters. The van der Waals surface area contributed by atoms with Gasteiger partial charge in [-0.3, -0.25) is 0 Å². The van der Waals surface area contributed by atoms with Crippen LogP contribution in [0.4, 0.5) is 0 Å². The average molecular weight is 410 g/mol. The zero-order chi connectivity index (χ0) is 20.0. The van der Waals surface area contributed by atoms with Crippen molar-refractivity contribution in [1.82, 2.24) is 4.90 Å². The minimum Gasteiger partial charge on any atom is -0.493 e. The van der Waals surface area contributed by atoms with Crippen molar-refractivity contribution in [3.05, 3.63) is 65.7 Å². The summed E-state index contributed by atoms with van der Waals surface area (Å²) in [5, 5.41) is 10.7. The molecule has 2 heterocycles. The topological polar surface area (TPSA) is 51.2 Å². The van der Waals surface area contributed by atoms with E-state index >= 15 is 0 Å². The zero-order valence-corrected chi connectivity index (χ0v) is 17.0. The van der Waals surface area contributed by atoms with Gasteiger partial charge in [-0.25, -0.2) is 0 Å². The second-order valence-electron chi connectivity index (χ2n) is 7.79. The third-order valence-corrected chi connectivity index (χ3v) is 6.50. The van der Waals surface area contributed by atoms with Crippen LogP contribution in [0.15, 0.2) is 54.6 Å². The van der Waals surface area contributed by atoms with Crippen molar-refractivity contribution in [2.24, 2.45) is 0 Å². The van der Waals surface area contributed by atoms with E-state index in [1.54, 1.807) is 7.11 Å². The number of aliphatic hydroxyl groups excluding tert-OH is 1. The summed E-state index contributed by atoms with van der Waals surface area (Å²) in [6.07, 6.45) is 4.82. The minimum absolute atomic E-state index is 0.115. The van der Waals surface area contributed by atoms with Crippen LogP contribution < -0.4 is 14.2 Å². The van der Waals surface area contributed by atoms with Crippen LogP contribution >= 0.6 is 12.2 Å². The van der Waals surface area contributed by atoms with Gasteiger partial charge in [0, 0.05) is 25.1 Å². The third-order valence-electron chi connectivity index (χ3n) is 6.16. The fourth-order valence-electron chi connectivity index (χ4n) is 4.75. The summed E-state index contributed by atoms with van der Waals surface area (Å²) in [6.45, 7) is 1.38. The molecule has 5 rings (SSSR count). The normalized spacial score (nSPS) is 26.8. The van der Waals surface area contributed by atoms with Gasteiger partial charge in [-0.2, -0.15) is 0 Å². The molecule has 0 saturated carbocycles. The first-order chi connectivity index (χ1) is 14.1. The maximum Gasteiger partial charge on any atom is 0.265 e. The van der Waals surface area contributed by atoms with Gasteiger partial charge in [-0.1, -0.05) is 36.4 Å². The molecule has 3 aliphatic rings. The van der Waals surface area contributed by atoms with Crippen LogP contribution in [0.25, 0.3) is 0 Å². The predicted octanol–water partition coefficient (Wildman–Crippen LogP) is 3.58. The van der Waals surface area contributed by atoms with Crippen LogP contribution in [-0.2, 0) is 12.0 Å². The van der Waals surface area contributed by atoms with Crippen LogP contribution in [0, 0.1) is 0 Å². The molecule has 6 heteroatoms. The molecule has 0 bridgehead atoms. The predicted molar refractivity (Wildman–Crippen MR) is 114 cm³/mol. The number of para-hydroxylation sites is 1. The average Bonchev–Trinajstić information content (AvgIpc) is 2.96. The molecule has 0 aromatic heterocycles. The van der Waals surface area contributed by atoms with Gasteiger partial charge in [-0.05, 0) is 42.4 Å². The lowest BCUT2D eigenvalue weighted by Gasteiger charge is -2.35. The molecular weight excluding hydrogens is 386 g/mol. The SMILES string of the molecule is COc1ccc2c3c1O[C@H]1C[C@@H](O)C=C[C@@]31CCN(C(=S)Oc1ccccc1)C2. The first-order valence-electron chi connectivity index (χ1n) is 9.87. The van der Waals surface area contributed by atoms with E-state index < -0.39 is 6.10 Å². The standard InChI is InChI=1S/C23H23NO4S/c1-26-18-8-7-15-14-24(22(29)27-17-5-3-2-4-6-17)12-11-23-10-9-16(25)13-19(23)28-21(18)20(15)23/h2-10,16,19,25H,11-14H2,1H3/t16-,19-,23-/m0/s1. The highest BCUT2D eigenvalue weighted by molar-refractivity contribution is 7.80. The molecule has 2 aromatic rings. The molecule has 0 unspecified atom stereocenters. The number of rotatable bonds is 2. The number of hydrogen-bond donors (Lipinski definition) is 1.